The summed E-state index contributed by atoms with van der Waals surface area (Å²) < 4.78 is 40.3. The molecule has 0 radical (unpaired) electrons. The van der Waals surface area contributed by atoms with Crippen molar-refractivity contribution in [2.24, 2.45) is 0 Å². The van der Waals surface area contributed by atoms with E-state index in [0.717, 1.165) is 0 Å². The van der Waals surface area contributed by atoms with Crippen LogP contribution in [0.15, 0.2) is 39.8 Å². The lowest BCUT2D eigenvalue weighted by Crippen LogP contribution is -2.14. The Morgan fingerprint density at radius 1 is 1.35 bits per heavy atom. The number of anilines is 1. The van der Waals surface area contributed by atoms with Gasteiger partial charge in [-0.1, -0.05) is 11.6 Å². The van der Waals surface area contributed by atoms with E-state index in [4.69, 9.17) is 11.6 Å². The molecule has 1 aromatic heterocycles. The van der Waals surface area contributed by atoms with Crippen LogP contribution in [0.2, 0.25) is 5.15 Å². The second kappa shape index (κ2) is 5.67. The number of hydrogen-bond donors (Lipinski definition) is 1. The predicted octanol–water partition coefficient (Wildman–Crippen LogP) is 3.75. The van der Waals surface area contributed by atoms with Crippen LogP contribution in [0.1, 0.15) is 5.56 Å². The van der Waals surface area contributed by atoms with E-state index in [9.17, 15) is 12.8 Å². The van der Waals surface area contributed by atoms with E-state index >= 15 is 0 Å². The quantitative estimate of drug-likeness (QED) is 0.826. The highest BCUT2D eigenvalue weighted by molar-refractivity contribution is 9.10. The Balaban J connectivity index is 2.41. The summed E-state index contributed by atoms with van der Waals surface area (Å²) in [6.07, 6.45) is 1.30. The van der Waals surface area contributed by atoms with Gasteiger partial charge in [-0.15, -0.1) is 0 Å². The largest absolute Gasteiger partial charge is 0.279 e. The lowest BCUT2D eigenvalue weighted by atomic mass is 10.2. The first kappa shape index (κ1) is 15.2. The van der Waals surface area contributed by atoms with Crippen molar-refractivity contribution < 1.29 is 12.8 Å². The van der Waals surface area contributed by atoms with Gasteiger partial charge in [-0.2, -0.15) is 0 Å². The van der Waals surface area contributed by atoms with Gasteiger partial charge in [-0.25, -0.2) is 17.8 Å². The van der Waals surface area contributed by atoms with E-state index in [1.54, 1.807) is 6.92 Å². The Labute approximate surface area is 129 Å². The highest BCUT2D eigenvalue weighted by atomic mass is 79.9. The Morgan fingerprint density at radius 3 is 2.70 bits per heavy atom. The molecule has 0 saturated carbocycles. The third-order valence-corrected chi connectivity index (χ3v) is 4.70. The number of pyridine rings is 1. The highest BCUT2D eigenvalue weighted by Gasteiger charge is 2.17. The molecular formula is C12H9BrClFN2O2S. The maximum atomic E-state index is 13.3. The van der Waals surface area contributed by atoms with Crippen molar-refractivity contribution in [1.82, 2.24) is 4.98 Å². The molecule has 0 aliphatic rings. The number of rotatable bonds is 3. The van der Waals surface area contributed by atoms with E-state index < -0.39 is 15.8 Å². The van der Waals surface area contributed by atoms with E-state index in [1.807, 2.05) is 0 Å². The van der Waals surface area contributed by atoms with Gasteiger partial charge < -0.3 is 0 Å². The molecule has 4 nitrogen and oxygen atoms in total. The summed E-state index contributed by atoms with van der Waals surface area (Å²) in [6, 6.07) is 5.16. The van der Waals surface area contributed by atoms with Gasteiger partial charge >= 0.3 is 0 Å². The van der Waals surface area contributed by atoms with Gasteiger partial charge in [0.2, 0.25) is 0 Å². The topological polar surface area (TPSA) is 59.1 Å². The molecule has 0 aliphatic carbocycles. The lowest BCUT2D eigenvalue weighted by molar-refractivity contribution is 0.600. The molecule has 106 valence electrons. The molecular weight excluding hydrogens is 371 g/mol. The Hall–Kier alpha value is -1.18. The number of benzene rings is 1. The second-order valence-electron chi connectivity index (χ2n) is 4.00. The molecule has 0 atom stereocenters. The zero-order valence-corrected chi connectivity index (χ0v) is 13.4. The Kier molecular flexibility index (Phi) is 4.31. The lowest BCUT2D eigenvalue weighted by Gasteiger charge is -2.11. The van der Waals surface area contributed by atoms with Crippen molar-refractivity contribution in [2.45, 2.75) is 11.8 Å². The van der Waals surface area contributed by atoms with Crippen LogP contribution in [-0.2, 0) is 10.0 Å². The monoisotopic (exact) mass is 378 g/mol. The van der Waals surface area contributed by atoms with E-state index in [-0.39, 0.29) is 20.2 Å². The summed E-state index contributed by atoms with van der Waals surface area (Å²) in [6.45, 7) is 1.60. The number of nitrogens with one attached hydrogen (secondary N) is 1. The normalized spacial score (nSPS) is 11.4. The van der Waals surface area contributed by atoms with Crippen LogP contribution >= 0.6 is 27.5 Å². The molecule has 2 rings (SSSR count). The number of nitrogens with zero attached hydrogens (tertiary/aromatic N) is 1. The molecule has 0 unspecified atom stereocenters. The van der Waals surface area contributed by atoms with Crippen molar-refractivity contribution in [2.75, 3.05) is 4.72 Å². The van der Waals surface area contributed by atoms with Crippen LogP contribution in [0, 0.1) is 12.7 Å². The molecule has 20 heavy (non-hydrogen) atoms. The molecule has 1 heterocycles. The van der Waals surface area contributed by atoms with E-state index in [1.165, 1.54) is 30.5 Å². The number of hydrogen-bond acceptors (Lipinski definition) is 3. The van der Waals surface area contributed by atoms with Crippen LogP contribution in [0.4, 0.5) is 10.1 Å². The van der Waals surface area contributed by atoms with E-state index in [0.29, 0.717) is 5.56 Å². The Bertz CT molecular complexity index is 768. The van der Waals surface area contributed by atoms with Gasteiger partial charge in [0.05, 0.1) is 15.1 Å². The van der Waals surface area contributed by atoms with Gasteiger partial charge in [0.15, 0.2) is 0 Å². The summed E-state index contributed by atoms with van der Waals surface area (Å²) in [5.41, 5.74) is 0.751. The van der Waals surface area contributed by atoms with Gasteiger partial charge in [0, 0.05) is 6.20 Å². The molecule has 0 saturated heterocycles. The molecule has 0 spiro atoms. The van der Waals surface area contributed by atoms with Crippen LogP contribution in [0.25, 0.3) is 0 Å². The molecule has 1 aromatic carbocycles. The molecule has 8 heteroatoms. The fourth-order valence-corrected chi connectivity index (χ4v) is 3.23. The average Bonchev–Trinajstić information content (AvgIpc) is 2.36. The third kappa shape index (κ3) is 3.28. The smallest absolute Gasteiger partial charge is 0.262 e. The number of sulfonamides is 1. The van der Waals surface area contributed by atoms with Gasteiger partial charge in [0.25, 0.3) is 10.0 Å². The molecule has 2 aromatic rings. The Morgan fingerprint density at radius 2 is 2.05 bits per heavy atom. The molecule has 0 fully saturated rings. The van der Waals surface area contributed by atoms with Crippen LogP contribution in [-0.4, -0.2) is 13.4 Å². The first-order chi connectivity index (χ1) is 9.29. The van der Waals surface area contributed by atoms with Gasteiger partial charge in [-0.3, -0.25) is 4.72 Å². The van der Waals surface area contributed by atoms with Crippen molar-refractivity contribution in [3.05, 3.63) is 51.5 Å². The summed E-state index contributed by atoms with van der Waals surface area (Å²) >= 11 is 8.69. The first-order valence-corrected chi connectivity index (χ1v) is 8.05. The zero-order chi connectivity index (χ0) is 14.9. The standard InChI is InChI=1S/C12H9BrClFN2O2S/c1-7-4-10(15)9(13)6-11(7)17-20(18,19)8-2-3-16-12(14)5-8/h2-6,17H,1H3. The highest BCUT2D eigenvalue weighted by Crippen LogP contribution is 2.26. The number of aryl methyl sites for hydroxylation is 1. The first-order valence-electron chi connectivity index (χ1n) is 5.39. The minimum Gasteiger partial charge on any atom is -0.279 e. The maximum Gasteiger partial charge on any atom is 0.262 e. The SMILES string of the molecule is Cc1cc(F)c(Br)cc1NS(=O)(=O)c1ccnc(Cl)c1. The van der Waals surface area contributed by atoms with Gasteiger partial charge in [0.1, 0.15) is 11.0 Å². The minimum absolute atomic E-state index is 0.0163. The van der Waals surface area contributed by atoms with Crippen molar-refractivity contribution in [3.8, 4) is 0 Å². The third-order valence-electron chi connectivity index (χ3n) is 2.52. The minimum atomic E-state index is -3.81. The summed E-state index contributed by atoms with van der Waals surface area (Å²) in [5.74, 6) is -0.461. The zero-order valence-electron chi connectivity index (χ0n) is 10.2. The fraction of sp³-hybridized carbons (Fsp3) is 0.0833. The van der Waals surface area contributed by atoms with Gasteiger partial charge in [-0.05, 0) is 52.7 Å². The van der Waals surface area contributed by atoms with Crippen molar-refractivity contribution >= 4 is 43.2 Å². The van der Waals surface area contributed by atoms with Crippen LogP contribution < -0.4 is 4.72 Å². The number of halogens is 3. The van der Waals surface area contributed by atoms with Crippen LogP contribution in [0.5, 0.6) is 0 Å². The fourth-order valence-electron chi connectivity index (χ4n) is 1.51. The van der Waals surface area contributed by atoms with Crippen molar-refractivity contribution in [3.63, 3.8) is 0 Å². The molecule has 0 amide bonds. The van der Waals surface area contributed by atoms with E-state index in [2.05, 4.69) is 25.6 Å². The second-order valence-corrected chi connectivity index (χ2v) is 6.92. The molecule has 0 bridgehead atoms. The number of aromatic nitrogens is 1. The average molecular weight is 380 g/mol. The maximum absolute atomic E-state index is 13.3. The predicted molar refractivity (Wildman–Crippen MR) is 78.9 cm³/mol. The molecule has 1 N–H and O–H groups in total. The summed E-state index contributed by atoms with van der Waals surface area (Å²) in [5, 5.41) is 0.0740. The summed E-state index contributed by atoms with van der Waals surface area (Å²) in [7, 11) is -3.81. The van der Waals surface area contributed by atoms with Crippen molar-refractivity contribution in [1.29, 1.82) is 0 Å². The van der Waals surface area contributed by atoms with Crippen LogP contribution in [0.3, 0.4) is 0 Å². The summed E-state index contributed by atoms with van der Waals surface area (Å²) in [4.78, 5) is 3.70. The molecule has 0 aliphatic heterocycles.